The zero-order valence-electron chi connectivity index (χ0n) is 19.0. The number of hydrogen-bond acceptors (Lipinski definition) is 6. The van der Waals surface area contributed by atoms with Crippen LogP contribution in [0.25, 0.3) is 6.08 Å². The standard InChI is InChI=1S/C25H25N3O3S2/c1-16-11-17(2)13-20(12-16)28-23(29)22(14-19-5-7-21(31-4)8-6-19)26-24(28)32-10-9-27-18(3)15-33-25(27)30/h5-8,11-15H,9-10H2,1-4H3/b22-14-. The molecule has 3 aromatic rings. The van der Waals surface area contributed by atoms with Gasteiger partial charge in [-0.05, 0) is 67.8 Å². The van der Waals surface area contributed by atoms with Gasteiger partial charge in [0.2, 0.25) is 0 Å². The first-order valence-electron chi connectivity index (χ1n) is 10.5. The number of amides is 1. The molecular formula is C25H25N3O3S2. The summed E-state index contributed by atoms with van der Waals surface area (Å²) in [5, 5.41) is 2.48. The lowest BCUT2D eigenvalue weighted by Crippen LogP contribution is -2.31. The summed E-state index contributed by atoms with van der Waals surface area (Å²) < 4.78 is 6.97. The van der Waals surface area contributed by atoms with E-state index in [9.17, 15) is 9.59 Å². The van der Waals surface area contributed by atoms with Crippen LogP contribution >= 0.6 is 23.1 Å². The first kappa shape index (κ1) is 23.1. The molecule has 0 radical (unpaired) electrons. The summed E-state index contributed by atoms with van der Waals surface area (Å²) in [6.07, 6.45) is 1.79. The normalized spacial score (nSPS) is 14.8. The number of thioether (sulfide) groups is 1. The second kappa shape index (κ2) is 9.80. The molecule has 170 valence electrons. The number of aliphatic imine (C=N–C) groups is 1. The van der Waals surface area contributed by atoms with E-state index in [1.54, 1.807) is 22.7 Å². The van der Waals surface area contributed by atoms with E-state index in [1.165, 1.54) is 23.1 Å². The van der Waals surface area contributed by atoms with E-state index in [0.29, 0.717) is 23.2 Å². The minimum atomic E-state index is -0.165. The number of rotatable bonds is 6. The van der Waals surface area contributed by atoms with Crippen LogP contribution in [0.2, 0.25) is 0 Å². The number of hydrogen-bond donors (Lipinski definition) is 0. The summed E-state index contributed by atoms with van der Waals surface area (Å²) in [6.45, 7) is 6.52. The number of aryl methyl sites for hydroxylation is 3. The SMILES string of the molecule is COc1ccc(/C=C2\N=C(SCCn3c(C)csc3=O)N(c3cc(C)cc(C)c3)C2=O)cc1. The third kappa shape index (κ3) is 5.12. The quantitative estimate of drug-likeness (QED) is 0.466. The molecule has 0 atom stereocenters. The van der Waals surface area contributed by atoms with Gasteiger partial charge in [-0.1, -0.05) is 41.3 Å². The van der Waals surface area contributed by atoms with E-state index in [0.717, 1.165) is 33.8 Å². The lowest BCUT2D eigenvalue weighted by Gasteiger charge is -2.19. The Balaban J connectivity index is 1.64. The highest BCUT2D eigenvalue weighted by atomic mass is 32.2. The number of carbonyl (C=O) groups excluding carboxylic acids is 1. The first-order valence-corrected chi connectivity index (χ1v) is 12.4. The Labute approximate surface area is 201 Å². The third-order valence-corrected chi connectivity index (χ3v) is 7.04. The Morgan fingerprint density at radius 2 is 1.76 bits per heavy atom. The van der Waals surface area contributed by atoms with Gasteiger partial charge in [0.1, 0.15) is 11.4 Å². The van der Waals surface area contributed by atoms with Crippen molar-refractivity contribution in [3.05, 3.63) is 85.6 Å². The summed E-state index contributed by atoms with van der Waals surface area (Å²) in [7, 11) is 1.62. The first-order chi connectivity index (χ1) is 15.9. The molecule has 2 heterocycles. The number of amidine groups is 1. The molecule has 0 N–H and O–H groups in total. The van der Waals surface area contributed by atoms with E-state index in [2.05, 4.69) is 11.1 Å². The summed E-state index contributed by atoms with van der Waals surface area (Å²) >= 11 is 2.68. The van der Waals surface area contributed by atoms with Gasteiger partial charge >= 0.3 is 4.87 Å². The molecule has 33 heavy (non-hydrogen) atoms. The number of nitrogens with zero attached hydrogens (tertiary/aromatic N) is 3. The van der Waals surface area contributed by atoms with Gasteiger partial charge in [-0.2, -0.15) is 0 Å². The molecule has 0 fully saturated rings. The maximum atomic E-state index is 13.4. The van der Waals surface area contributed by atoms with Crippen molar-refractivity contribution in [2.75, 3.05) is 17.8 Å². The van der Waals surface area contributed by atoms with E-state index >= 15 is 0 Å². The lowest BCUT2D eigenvalue weighted by atomic mass is 10.1. The minimum absolute atomic E-state index is 0.0313. The molecule has 0 bridgehead atoms. The number of aromatic nitrogens is 1. The van der Waals surface area contributed by atoms with Gasteiger partial charge in [0.15, 0.2) is 5.17 Å². The van der Waals surface area contributed by atoms with Crippen LogP contribution < -0.4 is 14.5 Å². The molecule has 0 saturated heterocycles. The Bertz CT molecular complexity index is 1280. The Hall–Kier alpha value is -3.10. The van der Waals surface area contributed by atoms with Gasteiger partial charge in [0.25, 0.3) is 5.91 Å². The van der Waals surface area contributed by atoms with Crippen molar-refractivity contribution in [3.8, 4) is 5.75 Å². The molecule has 2 aromatic carbocycles. The molecule has 0 aliphatic carbocycles. The summed E-state index contributed by atoms with van der Waals surface area (Å²) in [4.78, 5) is 31.8. The molecule has 4 rings (SSSR count). The number of anilines is 1. The van der Waals surface area contributed by atoms with E-state index in [4.69, 9.17) is 4.74 Å². The topological polar surface area (TPSA) is 63.9 Å². The van der Waals surface area contributed by atoms with Crippen LogP contribution in [0.1, 0.15) is 22.4 Å². The fourth-order valence-electron chi connectivity index (χ4n) is 3.66. The Kier molecular flexibility index (Phi) is 6.85. The van der Waals surface area contributed by atoms with Gasteiger partial charge < -0.3 is 9.30 Å². The summed E-state index contributed by atoms with van der Waals surface area (Å²) in [5.74, 6) is 1.22. The zero-order chi connectivity index (χ0) is 23.5. The van der Waals surface area contributed by atoms with Crippen molar-refractivity contribution in [3.63, 3.8) is 0 Å². The molecular weight excluding hydrogens is 454 g/mol. The van der Waals surface area contributed by atoms with Crippen molar-refractivity contribution in [1.29, 1.82) is 0 Å². The predicted molar refractivity (Wildman–Crippen MR) is 138 cm³/mol. The van der Waals surface area contributed by atoms with Crippen LogP contribution in [-0.2, 0) is 11.3 Å². The highest BCUT2D eigenvalue weighted by Crippen LogP contribution is 2.31. The van der Waals surface area contributed by atoms with Crippen LogP contribution in [0.15, 0.2) is 63.3 Å². The number of methoxy groups -OCH3 is 1. The van der Waals surface area contributed by atoms with Gasteiger partial charge in [-0.3, -0.25) is 14.5 Å². The predicted octanol–water partition coefficient (Wildman–Crippen LogP) is 5.02. The maximum Gasteiger partial charge on any atom is 0.307 e. The smallest absolute Gasteiger partial charge is 0.307 e. The number of carbonyl (C=O) groups is 1. The second-order valence-electron chi connectivity index (χ2n) is 7.83. The largest absolute Gasteiger partial charge is 0.497 e. The van der Waals surface area contributed by atoms with Crippen molar-refractivity contribution in [2.24, 2.45) is 4.99 Å². The molecule has 0 unspecified atom stereocenters. The number of thiazole rings is 1. The van der Waals surface area contributed by atoms with E-state index < -0.39 is 0 Å². The lowest BCUT2D eigenvalue weighted by molar-refractivity contribution is -0.113. The fourth-order valence-corrected chi connectivity index (χ4v) is 5.36. The van der Waals surface area contributed by atoms with E-state index in [1.807, 2.05) is 62.5 Å². The van der Waals surface area contributed by atoms with E-state index in [-0.39, 0.29) is 10.8 Å². The van der Waals surface area contributed by atoms with Crippen molar-refractivity contribution < 1.29 is 9.53 Å². The van der Waals surface area contributed by atoms with Gasteiger partial charge in [0, 0.05) is 23.4 Å². The Morgan fingerprint density at radius 1 is 1.06 bits per heavy atom. The van der Waals surface area contributed by atoms with Crippen molar-refractivity contribution in [2.45, 2.75) is 27.3 Å². The highest BCUT2D eigenvalue weighted by molar-refractivity contribution is 8.14. The van der Waals surface area contributed by atoms with Gasteiger partial charge in [-0.25, -0.2) is 4.99 Å². The number of benzene rings is 2. The Morgan fingerprint density at radius 3 is 2.36 bits per heavy atom. The molecule has 0 saturated carbocycles. The molecule has 0 spiro atoms. The van der Waals surface area contributed by atoms with Crippen LogP contribution in [0.5, 0.6) is 5.75 Å². The van der Waals surface area contributed by atoms with Crippen molar-refractivity contribution in [1.82, 2.24) is 4.57 Å². The number of ether oxygens (including phenoxy) is 1. The minimum Gasteiger partial charge on any atom is -0.497 e. The fraction of sp³-hybridized carbons (Fsp3) is 0.240. The summed E-state index contributed by atoms with van der Waals surface area (Å²) in [5.41, 5.74) is 5.15. The average Bonchev–Trinajstić information content (AvgIpc) is 3.26. The molecule has 1 aliphatic rings. The van der Waals surface area contributed by atoms with Crippen LogP contribution in [-0.4, -0.2) is 28.5 Å². The molecule has 6 nitrogen and oxygen atoms in total. The average molecular weight is 480 g/mol. The molecule has 8 heteroatoms. The zero-order valence-corrected chi connectivity index (χ0v) is 20.6. The van der Waals surface area contributed by atoms with Crippen LogP contribution in [0, 0.1) is 20.8 Å². The van der Waals surface area contributed by atoms with Crippen LogP contribution in [0.4, 0.5) is 5.69 Å². The third-order valence-electron chi connectivity index (χ3n) is 5.24. The van der Waals surface area contributed by atoms with Crippen LogP contribution in [0.3, 0.4) is 0 Å². The van der Waals surface area contributed by atoms with Gasteiger partial charge in [-0.15, -0.1) is 0 Å². The van der Waals surface area contributed by atoms with Crippen molar-refractivity contribution >= 4 is 45.9 Å². The van der Waals surface area contributed by atoms with Gasteiger partial charge in [0.05, 0.1) is 12.8 Å². The monoisotopic (exact) mass is 479 g/mol. The summed E-state index contributed by atoms with van der Waals surface area (Å²) in [6, 6.07) is 13.6. The molecule has 1 amide bonds. The second-order valence-corrected chi connectivity index (χ2v) is 9.71. The molecule has 1 aromatic heterocycles. The maximum absolute atomic E-state index is 13.4. The molecule has 1 aliphatic heterocycles. The highest BCUT2D eigenvalue weighted by Gasteiger charge is 2.32.